The van der Waals surface area contributed by atoms with Gasteiger partial charge in [-0.2, -0.15) is 0 Å². The summed E-state index contributed by atoms with van der Waals surface area (Å²) in [4.78, 5) is 14.2. The molecule has 0 aliphatic carbocycles. The molecule has 1 amide bonds. The number of nitrogens with zero attached hydrogens (tertiary/aromatic N) is 1. The van der Waals surface area contributed by atoms with E-state index in [9.17, 15) is 4.79 Å². The molecule has 0 bridgehead atoms. The number of fused-ring (bicyclic) bond motifs is 1. The molecule has 1 aromatic heterocycles. The zero-order valence-electron chi connectivity index (χ0n) is 15.3. The Hall–Kier alpha value is -2.95. The van der Waals surface area contributed by atoms with Crippen LogP contribution >= 0.6 is 0 Å². The SMILES string of the molecule is COc1ccc(CCCN(C)C(=O)c2cc3ccccc3o2)cc1OC. The summed E-state index contributed by atoms with van der Waals surface area (Å²) >= 11 is 0. The first-order valence-electron chi connectivity index (χ1n) is 8.57. The summed E-state index contributed by atoms with van der Waals surface area (Å²) in [6.07, 6.45) is 1.69. The van der Waals surface area contributed by atoms with Crippen molar-refractivity contribution in [2.24, 2.45) is 0 Å². The Labute approximate surface area is 153 Å². The zero-order valence-corrected chi connectivity index (χ0v) is 15.3. The summed E-state index contributed by atoms with van der Waals surface area (Å²) in [5, 5.41) is 0.939. The summed E-state index contributed by atoms with van der Waals surface area (Å²) < 4.78 is 16.2. The Bertz CT molecular complexity index is 867. The van der Waals surface area contributed by atoms with Gasteiger partial charge in [0.2, 0.25) is 0 Å². The molecular formula is C21H23NO4. The molecule has 0 fully saturated rings. The van der Waals surface area contributed by atoms with E-state index in [-0.39, 0.29) is 5.91 Å². The molecule has 5 heteroatoms. The number of hydrogen-bond acceptors (Lipinski definition) is 4. The number of amides is 1. The van der Waals surface area contributed by atoms with Crippen LogP contribution in [0.1, 0.15) is 22.5 Å². The molecule has 2 aromatic carbocycles. The number of carbonyl (C=O) groups excluding carboxylic acids is 1. The third-order valence-corrected chi connectivity index (χ3v) is 4.39. The highest BCUT2D eigenvalue weighted by Crippen LogP contribution is 2.28. The van der Waals surface area contributed by atoms with E-state index in [1.165, 1.54) is 0 Å². The fraction of sp³-hybridized carbons (Fsp3) is 0.286. The molecule has 0 aliphatic heterocycles. The maximum absolute atomic E-state index is 12.5. The van der Waals surface area contributed by atoms with Crippen LogP contribution in [0, 0.1) is 0 Å². The van der Waals surface area contributed by atoms with Crippen molar-refractivity contribution >= 4 is 16.9 Å². The summed E-state index contributed by atoms with van der Waals surface area (Å²) in [6.45, 7) is 0.643. The number of aryl methyl sites for hydroxylation is 1. The van der Waals surface area contributed by atoms with Crippen LogP contribution < -0.4 is 9.47 Å². The van der Waals surface area contributed by atoms with Crippen LogP contribution in [0.25, 0.3) is 11.0 Å². The van der Waals surface area contributed by atoms with E-state index in [0.29, 0.717) is 18.1 Å². The highest BCUT2D eigenvalue weighted by atomic mass is 16.5. The standard InChI is InChI=1S/C21H23NO4/c1-22(21(23)20-14-16-8-4-5-9-17(16)26-20)12-6-7-15-10-11-18(24-2)19(13-15)25-3/h4-5,8-11,13-14H,6-7,12H2,1-3H3. The van der Waals surface area contributed by atoms with Crippen molar-refractivity contribution in [2.75, 3.05) is 27.8 Å². The highest BCUT2D eigenvalue weighted by molar-refractivity contribution is 5.95. The Balaban J connectivity index is 1.58. The monoisotopic (exact) mass is 353 g/mol. The number of methoxy groups -OCH3 is 2. The van der Waals surface area contributed by atoms with Crippen LogP contribution in [0.4, 0.5) is 0 Å². The van der Waals surface area contributed by atoms with Crippen LogP contribution in [0.3, 0.4) is 0 Å². The molecule has 0 radical (unpaired) electrons. The van der Waals surface area contributed by atoms with Gasteiger partial charge in [-0.15, -0.1) is 0 Å². The molecule has 5 nitrogen and oxygen atoms in total. The predicted molar refractivity (Wildman–Crippen MR) is 101 cm³/mol. The normalized spacial score (nSPS) is 10.7. The largest absolute Gasteiger partial charge is 0.493 e. The van der Waals surface area contributed by atoms with Gasteiger partial charge in [0.25, 0.3) is 5.91 Å². The number of hydrogen-bond donors (Lipinski definition) is 0. The van der Waals surface area contributed by atoms with E-state index >= 15 is 0 Å². The minimum Gasteiger partial charge on any atom is -0.493 e. The molecule has 0 N–H and O–H groups in total. The van der Waals surface area contributed by atoms with Gasteiger partial charge in [0.1, 0.15) is 5.58 Å². The fourth-order valence-electron chi connectivity index (χ4n) is 2.93. The van der Waals surface area contributed by atoms with E-state index in [2.05, 4.69) is 0 Å². The van der Waals surface area contributed by atoms with Gasteiger partial charge in [-0.3, -0.25) is 4.79 Å². The molecule has 136 valence electrons. The first kappa shape index (κ1) is 17.9. The van der Waals surface area contributed by atoms with Gasteiger partial charge in [0, 0.05) is 19.0 Å². The average molecular weight is 353 g/mol. The van der Waals surface area contributed by atoms with Crippen molar-refractivity contribution in [1.82, 2.24) is 4.90 Å². The van der Waals surface area contributed by atoms with Crippen molar-refractivity contribution in [2.45, 2.75) is 12.8 Å². The molecule has 0 saturated carbocycles. The lowest BCUT2D eigenvalue weighted by Crippen LogP contribution is -2.27. The van der Waals surface area contributed by atoms with Crippen molar-refractivity contribution < 1.29 is 18.7 Å². The van der Waals surface area contributed by atoms with E-state index in [1.807, 2.05) is 42.5 Å². The van der Waals surface area contributed by atoms with Gasteiger partial charge < -0.3 is 18.8 Å². The van der Waals surface area contributed by atoms with Crippen LogP contribution in [0.2, 0.25) is 0 Å². The Morgan fingerprint density at radius 1 is 1.04 bits per heavy atom. The quantitative estimate of drug-likeness (QED) is 0.640. The van der Waals surface area contributed by atoms with Gasteiger partial charge >= 0.3 is 0 Å². The lowest BCUT2D eigenvalue weighted by atomic mass is 10.1. The van der Waals surface area contributed by atoms with Crippen molar-refractivity contribution in [3.63, 3.8) is 0 Å². The second kappa shape index (κ2) is 7.95. The van der Waals surface area contributed by atoms with Crippen molar-refractivity contribution in [3.05, 3.63) is 59.9 Å². The van der Waals surface area contributed by atoms with E-state index in [1.54, 1.807) is 32.2 Å². The average Bonchev–Trinajstić information content (AvgIpc) is 3.11. The number of ether oxygens (including phenoxy) is 2. The third kappa shape index (κ3) is 3.82. The predicted octanol–water partition coefficient (Wildman–Crippen LogP) is 4.15. The van der Waals surface area contributed by atoms with Gasteiger partial charge in [-0.1, -0.05) is 24.3 Å². The fourth-order valence-corrected chi connectivity index (χ4v) is 2.93. The Morgan fingerprint density at radius 3 is 2.54 bits per heavy atom. The molecule has 1 heterocycles. The lowest BCUT2D eigenvalue weighted by Gasteiger charge is -2.16. The highest BCUT2D eigenvalue weighted by Gasteiger charge is 2.16. The van der Waals surface area contributed by atoms with Gasteiger partial charge in [0.15, 0.2) is 17.3 Å². The topological polar surface area (TPSA) is 51.9 Å². The number of benzene rings is 2. The second-order valence-electron chi connectivity index (χ2n) is 6.17. The molecular weight excluding hydrogens is 330 g/mol. The summed E-state index contributed by atoms with van der Waals surface area (Å²) in [6, 6.07) is 15.3. The number of carbonyl (C=O) groups is 1. The van der Waals surface area contributed by atoms with Crippen LogP contribution in [-0.2, 0) is 6.42 Å². The minimum atomic E-state index is -0.103. The van der Waals surface area contributed by atoms with Crippen molar-refractivity contribution in [1.29, 1.82) is 0 Å². The Kier molecular flexibility index (Phi) is 5.46. The Morgan fingerprint density at radius 2 is 1.81 bits per heavy atom. The van der Waals surface area contributed by atoms with Crippen LogP contribution in [-0.4, -0.2) is 38.6 Å². The molecule has 0 aliphatic rings. The summed E-state index contributed by atoms with van der Waals surface area (Å²) in [7, 11) is 5.04. The summed E-state index contributed by atoms with van der Waals surface area (Å²) in [5.41, 5.74) is 1.88. The molecule has 3 rings (SSSR count). The second-order valence-corrected chi connectivity index (χ2v) is 6.17. The van der Waals surface area contributed by atoms with Gasteiger partial charge in [-0.05, 0) is 42.7 Å². The van der Waals surface area contributed by atoms with Gasteiger partial charge in [-0.25, -0.2) is 0 Å². The zero-order chi connectivity index (χ0) is 18.5. The van der Waals surface area contributed by atoms with Gasteiger partial charge in [0.05, 0.1) is 14.2 Å². The summed E-state index contributed by atoms with van der Waals surface area (Å²) in [5.74, 6) is 1.71. The molecule has 0 atom stereocenters. The molecule has 3 aromatic rings. The van der Waals surface area contributed by atoms with E-state index in [0.717, 1.165) is 35.1 Å². The maximum atomic E-state index is 12.5. The maximum Gasteiger partial charge on any atom is 0.289 e. The first-order valence-corrected chi connectivity index (χ1v) is 8.57. The number of para-hydroxylation sites is 1. The first-order chi connectivity index (χ1) is 12.6. The molecule has 0 spiro atoms. The third-order valence-electron chi connectivity index (χ3n) is 4.39. The van der Waals surface area contributed by atoms with E-state index < -0.39 is 0 Å². The molecule has 0 unspecified atom stereocenters. The molecule has 26 heavy (non-hydrogen) atoms. The number of rotatable bonds is 7. The van der Waals surface area contributed by atoms with Crippen LogP contribution in [0.5, 0.6) is 11.5 Å². The van der Waals surface area contributed by atoms with Crippen molar-refractivity contribution in [3.8, 4) is 11.5 Å². The smallest absolute Gasteiger partial charge is 0.289 e. The number of furan rings is 1. The van der Waals surface area contributed by atoms with Crippen LogP contribution in [0.15, 0.2) is 52.9 Å². The molecule has 0 saturated heterocycles. The lowest BCUT2D eigenvalue weighted by molar-refractivity contribution is 0.0764. The minimum absolute atomic E-state index is 0.103. The van der Waals surface area contributed by atoms with E-state index in [4.69, 9.17) is 13.9 Å².